The number of hydrogen-bond acceptors (Lipinski definition) is 3. The van der Waals surface area contributed by atoms with Gasteiger partial charge in [0.15, 0.2) is 0 Å². The monoisotopic (exact) mass is 348 g/mol. The Balaban J connectivity index is 2.14. The molecule has 0 bridgehead atoms. The summed E-state index contributed by atoms with van der Waals surface area (Å²) in [5.74, 6) is 0.114. The van der Waals surface area contributed by atoms with E-state index in [1.54, 1.807) is 18.2 Å². The van der Waals surface area contributed by atoms with Crippen LogP contribution in [0.1, 0.15) is 16.7 Å². The highest BCUT2D eigenvalue weighted by atomic mass is 79.9. The van der Waals surface area contributed by atoms with Crippen LogP contribution in [-0.2, 0) is 13.0 Å². The van der Waals surface area contributed by atoms with Gasteiger partial charge >= 0.3 is 0 Å². The smallest absolute Gasteiger partial charge is 0.147 e. The molecule has 0 aliphatic rings. The molecule has 0 heterocycles. The second-order valence-electron chi connectivity index (χ2n) is 4.47. The molecule has 3 nitrogen and oxygen atoms in total. The molecule has 0 aliphatic heterocycles. The third-order valence-corrected chi connectivity index (χ3v) is 3.80. The van der Waals surface area contributed by atoms with E-state index in [0.29, 0.717) is 17.9 Å². The lowest BCUT2D eigenvalue weighted by Gasteiger charge is -2.10. The van der Waals surface area contributed by atoms with Crippen molar-refractivity contribution in [3.8, 4) is 11.8 Å². The van der Waals surface area contributed by atoms with Gasteiger partial charge in [-0.1, -0.05) is 28.1 Å². The highest BCUT2D eigenvalue weighted by Crippen LogP contribution is 2.24. The first-order valence-electron chi connectivity index (χ1n) is 6.44. The summed E-state index contributed by atoms with van der Waals surface area (Å²) in [6.45, 7) is 0.617. The van der Waals surface area contributed by atoms with Gasteiger partial charge in [-0.2, -0.15) is 5.26 Å². The van der Waals surface area contributed by atoms with Crippen molar-refractivity contribution in [3.63, 3.8) is 0 Å². The first-order valence-corrected chi connectivity index (χ1v) is 7.23. The van der Waals surface area contributed by atoms with E-state index >= 15 is 0 Å². The van der Waals surface area contributed by atoms with Gasteiger partial charge in [-0.15, -0.1) is 0 Å². The minimum Gasteiger partial charge on any atom is -0.489 e. The van der Waals surface area contributed by atoms with Crippen LogP contribution in [0.3, 0.4) is 0 Å². The van der Waals surface area contributed by atoms with Crippen molar-refractivity contribution in [3.05, 3.63) is 63.4 Å². The van der Waals surface area contributed by atoms with Crippen molar-refractivity contribution < 1.29 is 9.13 Å². The highest BCUT2D eigenvalue weighted by molar-refractivity contribution is 9.10. The fraction of sp³-hybridized carbons (Fsp3) is 0.188. The summed E-state index contributed by atoms with van der Waals surface area (Å²) in [4.78, 5) is 0. The van der Waals surface area contributed by atoms with Crippen LogP contribution in [0.2, 0.25) is 0 Å². The van der Waals surface area contributed by atoms with Gasteiger partial charge in [-0.25, -0.2) is 4.39 Å². The number of nitrogens with two attached hydrogens (primary N) is 1. The summed E-state index contributed by atoms with van der Waals surface area (Å²) in [6, 6.07) is 12.1. The number of nitriles is 1. The maximum atomic E-state index is 13.9. The Labute approximate surface area is 131 Å². The van der Waals surface area contributed by atoms with Gasteiger partial charge in [0.05, 0.1) is 5.56 Å². The quantitative estimate of drug-likeness (QED) is 0.898. The molecule has 0 unspecified atom stereocenters. The molecule has 2 N–H and O–H groups in total. The van der Waals surface area contributed by atoms with Gasteiger partial charge in [0.2, 0.25) is 0 Å². The standard InChI is InChI=1S/C16H14BrFN2O/c17-15-5-4-14(8-11(15)6-7-19)21-10-13-3-1-2-12(9-20)16(13)18/h1-5,8H,6-7,10,19H2. The Morgan fingerprint density at radius 2 is 2.05 bits per heavy atom. The Bertz CT molecular complexity index is 682. The molecule has 0 saturated heterocycles. The van der Waals surface area contributed by atoms with Gasteiger partial charge in [0, 0.05) is 10.0 Å². The van der Waals surface area contributed by atoms with E-state index in [2.05, 4.69) is 15.9 Å². The number of benzene rings is 2. The summed E-state index contributed by atoms with van der Waals surface area (Å²) in [5, 5.41) is 8.81. The van der Waals surface area contributed by atoms with Gasteiger partial charge in [0.1, 0.15) is 24.2 Å². The number of ether oxygens (including phenoxy) is 1. The van der Waals surface area contributed by atoms with E-state index in [-0.39, 0.29) is 12.2 Å². The largest absolute Gasteiger partial charge is 0.489 e. The maximum absolute atomic E-state index is 13.9. The fourth-order valence-electron chi connectivity index (χ4n) is 1.93. The van der Waals surface area contributed by atoms with Gasteiger partial charge in [-0.3, -0.25) is 0 Å². The molecule has 0 aliphatic carbocycles. The van der Waals surface area contributed by atoms with Crippen LogP contribution >= 0.6 is 15.9 Å². The van der Waals surface area contributed by atoms with Crippen molar-refractivity contribution in [2.45, 2.75) is 13.0 Å². The van der Waals surface area contributed by atoms with Crippen LogP contribution in [0.15, 0.2) is 40.9 Å². The molecule has 0 aromatic heterocycles. The molecule has 0 atom stereocenters. The highest BCUT2D eigenvalue weighted by Gasteiger charge is 2.08. The Hall–Kier alpha value is -1.90. The average molecular weight is 349 g/mol. The molecule has 0 spiro atoms. The Morgan fingerprint density at radius 3 is 2.76 bits per heavy atom. The first-order chi connectivity index (χ1) is 10.2. The van der Waals surface area contributed by atoms with Crippen LogP contribution in [0.5, 0.6) is 5.75 Å². The molecule has 5 heteroatoms. The van der Waals surface area contributed by atoms with Crippen molar-refractivity contribution in [1.29, 1.82) is 5.26 Å². The minimum atomic E-state index is -0.528. The second kappa shape index (κ2) is 7.21. The molecule has 108 valence electrons. The summed E-state index contributed by atoms with van der Waals surface area (Å²) in [5.41, 5.74) is 6.98. The van der Waals surface area contributed by atoms with Crippen LogP contribution in [0, 0.1) is 17.1 Å². The molecule has 2 rings (SSSR count). The van der Waals surface area contributed by atoms with Crippen LogP contribution in [-0.4, -0.2) is 6.54 Å². The average Bonchev–Trinajstić information content (AvgIpc) is 2.49. The molecular weight excluding hydrogens is 335 g/mol. The van der Waals surface area contributed by atoms with E-state index < -0.39 is 5.82 Å². The zero-order chi connectivity index (χ0) is 15.2. The van der Waals surface area contributed by atoms with Gasteiger partial charge < -0.3 is 10.5 Å². The molecule has 0 radical (unpaired) electrons. The molecule has 0 amide bonds. The fourth-order valence-corrected chi connectivity index (χ4v) is 2.37. The van der Waals surface area contributed by atoms with E-state index in [4.69, 9.17) is 15.7 Å². The minimum absolute atomic E-state index is 0.0238. The zero-order valence-electron chi connectivity index (χ0n) is 11.3. The Morgan fingerprint density at radius 1 is 1.24 bits per heavy atom. The van der Waals surface area contributed by atoms with Crippen molar-refractivity contribution in [1.82, 2.24) is 0 Å². The van der Waals surface area contributed by atoms with E-state index in [9.17, 15) is 4.39 Å². The lowest BCUT2D eigenvalue weighted by atomic mass is 10.1. The van der Waals surface area contributed by atoms with Gasteiger partial charge in [-0.05, 0) is 42.8 Å². The topological polar surface area (TPSA) is 59.0 Å². The maximum Gasteiger partial charge on any atom is 0.147 e. The predicted octanol–water partition coefficient (Wildman–Crippen LogP) is 3.54. The SMILES string of the molecule is N#Cc1cccc(COc2ccc(Br)c(CCN)c2)c1F. The summed E-state index contributed by atoms with van der Waals surface area (Å²) in [7, 11) is 0. The lowest BCUT2D eigenvalue weighted by Crippen LogP contribution is -2.04. The summed E-state index contributed by atoms with van der Waals surface area (Å²) in [6.07, 6.45) is 0.732. The lowest BCUT2D eigenvalue weighted by molar-refractivity contribution is 0.299. The van der Waals surface area contributed by atoms with Crippen LogP contribution < -0.4 is 10.5 Å². The summed E-state index contributed by atoms with van der Waals surface area (Å²) >= 11 is 3.45. The third-order valence-electron chi connectivity index (χ3n) is 3.02. The number of nitrogens with zero attached hydrogens (tertiary/aromatic N) is 1. The summed E-state index contributed by atoms with van der Waals surface area (Å²) < 4.78 is 20.5. The van der Waals surface area contributed by atoms with Crippen molar-refractivity contribution in [2.75, 3.05) is 6.54 Å². The molecule has 2 aromatic carbocycles. The third kappa shape index (κ3) is 3.81. The molecular formula is C16H14BrFN2O. The predicted molar refractivity (Wildman–Crippen MR) is 82.3 cm³/mol. The van der Waals surface area contributed by atoms with Crippen molar-refractivity contribution in [2.24, 2.45) is 5.73 Å². The van der Waals surface area contributed by atoms with E-state index in [1.807, 2.05) is 18.2 Å². The van der Waals surface area contributed by atoms with E-state index in [1.165, 1.54) is 6.07 Å². The van der Waals surface area contributed by atoms with Crippen molar-refractivity contribution >= 4 is 15.9 Å². The van der Waals surface area contributed by atoms with E-state index in [0.717, 1.165) is 16.5 Å². The number of halogens is 2. The Kier molecular flexibility index (Phi) is 5.32. The second-order valence-corrected chi connectivity index (χ2v) is 5.33. The molecule has 21 heavy (non-hydrogen) atoms. The molecule has 0 fully saturated rings. The van der Waals surface area contributed by atoms with Crippen LogP contribution in [0.4, 0.5) is 4.39 Å². The first kappa shape index (κ1) is 15.5. The molecule has 0 saturated carbocycles. The zero-order valence-corrected chi connectivity index (χ0v) is 12.9. The van der Waals surface area contributed by atoms with Crippen LogP contribution in [0.25, 0.3) is 0 Å². The van der Waals surface area contributed by atoms with Gasteiger partial charge in [0.25, 0.3) is 0 Å². The number of hydrogen-bond donors (Lipinski definition) is 1. The normalized spacial score (nSPS) is 10.2. The number of rotatable bonds is 5. The molecule has 2 aromatic rings.